The first kappa shape index (κ1) is 20.7. The van der Waals surface area contributed by atoms with E-state index in [0.29, 0.717) is 25.1 Å². The molecule has 0 saturated heterocycles. The average Bonchev–Trinajstić information content (AvgIpc) is 3.25. The lowest BCUT2D eigenvalue weighted by Crippen LogP contribution is -2.24. The maximum atomic E-state index is 12.0. The molecule has 0 saturated carbocycles. The molecular formula is C22H24N4O2S. The van der Waals surface area contributed by atoms with Crippen LogP contribution in [0.2, 0.25) is 0 Å². The van der Waals surface area contributed by atoms with E-state index in [1.807, 2.05) is 41.8 Å². The zero-order chi connectivity index (χ0) is 20.3. The van der Waals surface area contributed by atoms with Crippen molar-refractivity contribution in [1.29, 1.82) is 0 Å². The van der Waals surface area contributed by atoms with E-state index in [2.05, 4.69) is 20.6 Å². The molecule has 0 bridgehead atoms. The quantitative estimate of drug-likeness (QED) is 0.500. The fourth-order valence-corrected chi connectivity index (χ4v) is 3.55. The first-order valence-electron chi connectivity index (χ1n) is 9.68. The van der Waals surface area contributed by atoms with E-state index in [1.54, 1.807) is 18.3 Å². The highest BCUT2D eigenvalue weighted by atomic mass is 32.1. The lowest BCUT2D eigenvalue weighted by molar-refractivity contribution is -0.121. The van der Waals surface area contributed by atoms with Crippen molar-refractivity contribution in [2.75, 3.05) is 6.54 Å². The van der Waals surface area contributed by atoms with E-state index in [1.165, 1.54) is 11.3 Å². The van der Waals surface area contributed by atoms with Gasteiger partial charge in [-0.05, 0) is 37.1 Å². The van der Waals surface area contributed by atoms with Gasteiger partial charge in [0.1, 0.15) is 5.01 Å². The lowest BCUT2D eigenvalue weighted by atomic mass is 10.1. The molecule has 3 rings (SSSR count). The molecule has 0 fully saturated rings. The van der Waals surface area contributed by atoms with Crippen molar-refractivity contribution >= 4 is 23.2 Å². The highest BCUT2D eigenvalue weighted by Gasteiger charge is 2.07. The van der Waals surface area contributed by atoms with E-state index in [-0.39, 0.29) is 11.8 Å². The lowest BCUT2D eigenvalue weighted by Gasteiger charge is -2.06. The minimum absolute atomic E-state index is 0.0192. The van der Waals surface area contributed by atoms with Gasteiger partial charge in [-0.3, -0.25) is 14.6 Å². The van der Waals surface area contributed by atoms with Gasteiger partial charge in [-0.15, -0.1) is 11.3 Å². The number of nitrogens with one attached hydrogen (secondary N) is 2. The van der Waals surface area contributed by atoms with Crippen LogP contribution in [0, 0.1) is 0 Å². The van der Waals surface area contributed by atoms with Crippen molar-refractivity contribution in [3.05, 3.63) is 71.4 Å². The van der Waals surface area contributed by atoms with E-state index >= 15 is 0 Å². The van der Waals surface area contributed by atoms with Gasteiger partial charge in [-0.2, -0.15) is 0 Å². The number of rotatable bonds is 10. The minimum Gasteiger partial charge on any atom is -0.352 e. The number of carbonyl (C=O) groups excluding carboxylic acids is 2. The van der Waals surface area contributed by atoms with Crippen LogP contribution in [0.1, 0.15) is 41.7 Å². The van der Waals surface area contributed by atoms with Gasteiger partial charge in [-0.25, -0.2) is 4.98 Å². The number of unbranched alkanes of at least 4 members (excludes halogenated alkanes) is 2. The smallest absolute Gasteiger partial charge is 0.251 e. The van der Waals surface area contributed by atoms with Crippen molar-refractivity contribution in [1.82, 2.24) is 20.6 Å². The summed E-state index contributed by atoms with van der Waals surface area (Å²) in [5.74, 6) is -0.0395. The van der Waals surface area contributed by atoms with Gasteiger partial charge in [0.25, 0.3) is 5.91 Å². The number of nitrogens with zero attached hydrogens (tertiary/aromatic N) is 2. The molecule has 0 spiro atoms. The molecule has 0 aliphatic heterocycles. The van der Waals surface area contributed by atoms with Gasteiger partial charge in [0.2, 0.25) is 5.91 Å². The Kier molecular flexibility index (Phi) is 7.89. The van der Waals surface area contributed by atoms with Crippen LogP contribution in [0.4, 0.5) is 0 Å². The molecule has 3 aromatic rings. The largest absolute Gasteiger partial charge is 0.352 e. The normalized spacial score (nSPS) is 10.5. The average molecular weight is 409 g/mol. The SMILES string of the molecule is O=C(CCCCCNC(=O)c1ccccc1)NCc1csc(-c2ccccn2)n1. The molecule has 150 valence electrons. The maximum absolute atomic E-state index is 12.0. The summed E-state index contributed by atoms with van der Waals surface area (Å²) in [5, 5.41) is 8.61. The third kappa shape index (κ3) is 6.80. The van der Waals surface area contributed by atoms with Crippen LogP contribution in [0.5, 0.6) is 0 Å². The molecule has 2 N–H and O–H groups in total. The molecule has 0 aliphatic carbocycles. The Morgan fingerprint density at radius 2 is 1.76 bits per heavy atom. The van der Waals surface area contributed by atoms with Crippen LogP contribution < -0.4 is 10.6 Å². The third-order valence-corrected chi connectivity index (χ3v) is 5.22. The van der Waals surface area contributed by atoms with Crippen LogP contribution in [-0.4, -0.2) is 28.3 Å². The van der Waals surface area contributed by atoms with Gasteiger partial charge < -0.3 is 10.6 Å². The summed E-state index contributed by atoms with van der Waals surface area (Å²) in [5.41, 5.74) is 2.35. The van der Waals surface area contributed by atoms with E-state index in [4.69, 9.17) is 0 Å². The van der Waals surface area contributed by atoms with Gasteiger partial charge in [0.05, 0.1) is 17.9 Å². The van der Waals surface area contributed by atoms with Crippen LogP contribution in [0.15, 0.2) is 60.1 Å². The standard InChI is InChI=1S/C22H24N4O2S/c27-20(12-5-2-7-14-24-21(28)17-9-3-1-4-10-17)25-15-18-16-29-22(26-18)19-11-6-8-13-23-19/h1,3-4,6,8-11,13,16H,2,5,7,12,14-15H2,(H,24,28)(H,25,27). The molecule has 0 unspecified atom stereocenters. The zero-order valence-electron chi connectivity index (χ0n) is 16.1. The molecule has 7 heteroatoms. The van der Waals surface area contributed by atoms with Crippen LogP contribution >= 0.6 is 11.3 Å². The number of hydrogen-bond donors (Lipinski definition) is 2. The summed E-state index contributed by atoms with van der Waals surface area (Å²) in [6, 6.07) is 14.9. The van der Waals surface area contributed by atoms with Crippen molar-refractivity contribution < 1.29 is 9.59 Å². The number of pyridine rings is 1. The Labute approximate surface area is 174 Å². The highest BCUT2D eigenvalue weighted by molar-refractivity contribution is 7.13. The highest BCUT2D eigenvalue weighted by Crippen LogP contribution is 2.21. The molecule has 6 nitrogen and oxygen atoms in total. The monoisotopic (exact) mass is 408 g/mol. The Morgan fingerprint density at radius 1 is 0.931 bits per heavy atom. The molecular weight excluding hydrogens is 384 g/mol. The minimum atomic E-state index is -0.0586. The summed E-state index contributed by atoms with van der Waals surface area (Å²) >= 11 is 1.52. The predicted molar refractivity (Wildman–Crippen MR) is 114 cm³/mol. The van der Waals surface area contributed by atoms with Gasteiger partial charge in [-0.1, -0.05) is 30.7 Å². The molecule has 29 heavy (non-hydrogen) atoms. The zero-order valence-corrected chi connectivity index (χ0v) is 17.0. The first-order chi connectivity index (χ1) is 14.2. The summed E-state index contributed by atoms with van der Waals surface area (Å²) < 4.78 is 0. The predicted octanol–water partition coefficient (Wildman–Crippen LogP) is 3.81. The topological polar surface area (TPSA) is 84.0 Å². The molecule has 1 aromatic carbocycles. The molecule has 2 heterocycles. The second-order valence-corrected chi connectivity index (χ2v) is 7.43. The number of amides is 2. The molecule has 0 aliphatic rings. The van der Waals surface area contributed by atoms with Crippen molar-refractivity contribution in [3.63, 3.8) is 0 Å². The van der Waals surface area contributed by atoms with Crippen LogP contribution in [0.25, 0.3) is 10.7 Å². The second-order valence-electron chi connectivity index (χ2n) is 6.57. The van der Waals surface area contributed by atoms with Gasteiger partial charge >= 0.3 is 0 Å². The fraction of sp³-hybridized carbons (Fsp3) is 0.273. The van der Waals surface area contributed by atoms with E-state index in [9.17, 15) is 9.59 Å². The number of aromatic nitrogens is 2. The van der Waals surface area contributed by atoms with Gasteiger partial charge in [0.15, 0.2) is 0 Å². The van der Waals surface area contributed by atoms with Crippen molar-refractivity contribution in [3.8, 4) is 10.7 Å². The summed E-state index contributed by atoms with van der Waals surface area (Å²) in [6.07, 6.45) is 4.76. The molecule has 0 atom stereocenters. The molecule has 2 aromatic heterocycles. The first-order valence-corrected chi connectivity index (χ1v) is 10.6. The Morgan fingerprint density at radius 3 is 2.55 bits per heavy atom. The second kappa shape index (κ2) is 11.1. The number of thiazole rings is 1. The van der Waals surface area contributed by atoms with Crippen LogP contribution in [-0.2, 0) is 11.3 Å². The number of carbonyl (C=O) groups is 2. The maximum Gasteiger partial charge on any atom is 0.251 e. The summed E-state index contributed by atoms with van der Waals surface area (Å²) in [6.45, 7) is 1.04. The Hall–Kier alpha value is -3.06. The van der Waals surface area contributed by atoms with Crippen molar-refractivity contribution in [2.45, 2.75) is 32.2 Å². The number of benzene rings is 1. The van der Waals surface area contributed by atoms with Crippen LogP contribution in [0.3, 0.4) is 0 Å². The van der Waals surface area contributed by atoms with Crippen molar-refractivity contribution in [2.24, 2.45) is 0 Å². The molecule has 0 radical (unpaired) electrons. The van der Waals surface area contributed by atoms with E-state index in [0.717, 1.165) is 35.7 Å². The number of hydrogen-bond acceptors (Lipinski definition) is 5. The third-order valence-electron chi connectivity index (χ3n) is 4.30. The van der Waals surface area contributed by atoms with Gasteiger partial charge in [0, 0.05) is 30.1 Å². The summed E-state index contributed by atoms with van der Waals surface area (Å²) in [4.78, 5) is 32.7. The molecule has 2 amide bonds. The van der Waals surface area contributed by atoms with E-state index < -0.39 is 0 Å². The summed E-state index contributed by atoms with van der Waals surface area (Å²) in [7, 11) is 0. The fourth-order valence-electron chi connectivity index (χ4n) is 2.75. The Balaban J connectivity index is 1.27. The Bertz CT molecular complexity index is 913.